The number of likely N-dealkylation sites (tertiary alicyclic amines) is 1. The second-order valence-corrected chi connectivity index (χ2v) is 4.93. The van der Waals surface area contributed by atoms with Crippen LogP contribution in [0, 0.1) is 12.8 Å². The molecule has 0 aromatic carbocycles. The van der Waals surface area contributed by atoms with Gasteiger partial charge in [0, 0.05) is 30.5 Å². The van der Waals surface area contributed by atoms with Gasteiger partial charge in [0.15, 0.2) is 0 Å². The Bertz CT molecular complexity index is 457. The van der Waals surface area contributed by atoms with E-state index >= 15 is 0 Å². The van der Waals surface area contributed by atoms with E-state index < -0.39 is 12.0 Å². The van der Waals surface area contributed by atoms with E-state index in [0.717, 1.165) is 25.1 Å². The molecule has 122 valence electrons. The summed E-state index contributed by atoms with van der Waals surface area (Å²) in [6.07, 6.45) is -2.17. The van der Waals surface area contributed by atoms with Crippen molar-refractivity contribution in [3.05, 3.63) is 23.3 Å². The van der Waals surface area contributed by atoms with Crippen molar-refractivity contribution in [2.24, 2.45) is 11.7 Å². The minimum atomic E-state index is -4.48. The van der Waals surface area contributed by atoms with Gasteiger partial charge in [-0.2, -0.15) is 13.2 Å². The van der Waals surface area contributed by atoms with E-state index in [1.165, 1.54) is 6.20 Å². The SMILES string of the molecule is Cc1nc(C(F)(F)F)ncc1CN1CCC(CN)C1.Cl.Cl. The summed E-state index contributed by atoms with van der Waals surface area (Å²) in [4.78, 5) is 9.12. The third-order valence-corrected chi connectivity index (χ3v) is 3.43. The molecule has 1 aliphatic rings. The maximum absolute atomic E-state index is 12.5. The summed E-state index contributed by atoms with van der Waals surface area (Å²) in [7, 11) is 0. The maximum atomic E-state index is 12.5. The Morgan fingerprint density at radius 2 is 2.05 bits per heavy atom. The standard InChI is InChI=1S/C12H17F3N4.2ClH/c1-8-10(5-17-11(18-8)12(13,14)15)7-19-3-2-9(4-16)6-19;;/h5,9H,2-4,6-7,16H2,1H3;2*1H. The molecule has 0 amide bonds. The minimum Gasteiger partial charge on any atom is -0.330 e. The van der Waals surface area contributed by atoms with Crippen LogP contribution in [-0.4, -0.2) is 34.5 Å². The van der Waals surface area contributed by atoms with Gasteiger partial charge in [0.05, 0.1) is 0 Å². The lowest BCUT2D eigenvalue weighted by Crippen LogP contribution is -2.24. The summed E-state index contributed by atoms with van der Waals surface area (Å²) in [6, 6.07) is 0. The molecule has 1 saturated heterocycles. The number of nitrogens with two attached hydrogens (primary N) is 1. The van der Waals surface area contributed by atoms with Gasteiger partial charge in [0.2, 0.25) is 5.82 Å². The molecule has 1 fully saturated rings. The average molecular weight is 347 g/mol. The number of halogens is 5. The summed E-state index contributed by atoms with van der Waals surface area (Å²) < 4.78 is 37.4. The third kappa shape index (κ3) is 5.25. The summed E-state index contributed by atoms with van der Waals surface area (Å²) in [5.41, 5.74) is 6.74. The number of nitrogens with zero attached hydrogens (tertiary/aromatic N) is 3. The summed E-state index contributed by atoms with van der Waals surface area (Å²) in [5.74, 6) is -0.592. The smallest absolute Gasteiger partial charge is 0.330 e. The van der Waals surface area contributed by atoms with Crippen molar-refractivity contribution in [1.82, 2.24) is 14.9 Å². The molecule has 1 unspecified atom stereocenters. The molecule has 1 aromatic rings. The highest BCUT2D eigenvalue weighted by Gasteiger charge is 2.35. The topological polar surface area (TPSA) is 55.0 Å². The first-order chi connectivity index (χ1) is 8.90. The lowest BCUT2D eigenvalue weighted by Gasteiger charge is -2.17. The molecule has 2 heterocycles. The highest BCUT2D eigenvalue weighted by molar-refractivity contribution is 5.85. The van der Waals surface area contributed by atoms with Crippen LogP contribution in [0.5, 0.6) is 0 Å². The molecule has 1 atom stereocenters. The molecule has 21 heavy (non-hydrogen) atoms. The Morgan fingerprint density at radius 1 is 1.38 bits per heavy atom. The highest BCUT2D eigenvalue weighted by Crippen LogP contribution is 2.26. The molecule has 2 rings (SSSR count). The number of hydrogen-bond donors (Lipinski definition) is 1. The number of alkyl halides is 3. The van der Waals surface area contributed by atoms with Crippen LogP contribution in [0.1, 0.15) is 23.5 Å². The van der Waals surface area contributed by atoms with Crippen LogP contribution in [0.4, 0.5) is 13.2 Å². The van der Waals surface area contributed by atoms with Crippen LogP contribution < -0.4 is 5.73 Å². The van der Waals surface area contributed by atoms with Crippen molar-refractivity contribution in [1.29, 1.82) is 0 Å². The van der Waals surface area contributed by atoms with E-state index in [0.29, 0.717) is 24.7 Å². The molecule has 2 N–H and O–H groups in total. The molecule has 0 aliphatic carbocycles. The molecular formula is C12H19Cl2F3N4. The number of rotatable bonds is 3. The summed E-state index contributed by atoms with van der Waals surface area (Å²) in [5, 5.41) is 0. The molecule has 4 nitrogen and oxygen atoms in total. The Labute approximate surface area is 134 Å². The monoisotopic (exact) mass is 346 g/mol. The van der Waals surface area contributed by atoms with Crippen molar-refractivity contribution < 1.29 is 13.2 Å². The number of hydrogen-bond acceptors (Lipinski definition) is 4. The van der Waals surface area contributed by atoms with Gasteiger partial charge in [0.1, 0.15) is 0 Å². The summed E-state index contributed by atoms with van der Waals surface area (Å²) >= 11 is 0. The molecular weight excluding hydrogens is 328 g/mol. The van der Waals surface area contributed by atoms with Crippen LogP contribution in [0.15, 0.2) is 6.20 Å². The molecule has 1 aromatic heterocycles. The fourth-order valence-corrected chi connectivity index (χ4v) is 2.27. The van der Waals surface area contributed by atoms with Gasteiger partial charge in [-0.1, -0.05) is 0 Å². The molecule has 1 aliphatic heterocycles. The van der Waals surface area contributed by atoms with Gasteiger partial charge in [0.25, 0.3) is 0 Å². The first kappa shape index (κ1) is 20.4. The zero-order valence-electron chi connectivity index (χ0n) is 11.6. The second kappa shape index (κ2) is 8.12. The third-order valence-electron chi connectivity index (χ3n) is 3.43. The van der Waals surface area contributed by atoms with Crippen LogP contribution in [0.3, 0.4) is 0 Å². The number of aryl methyl sites for hydroxylation is 1. The second-order valence-electron chi connectivity index (χ2n) is 4.93. The van der Waals surface area contributed by atoms with Crippen LogP contribution in [0.2, 0.25) is 0 Å². The molecule has 0 saturated carbocycles. The average Bonchev–Trinajstić information content (AvgIpc) is 2.78. The molecule has 0 bridgehead atoms. The Hall–Kier alpha value is -0.630. The predicted molar refractivity (Wildman–Crippen MR) is 78.7 cm³/mol. The first-order valence-electron chi connectivity index (χ1n) is 6.22. The minimum absolute atomic E-state index is 0. The lowest BCUT2D eigenvalue weighted by molar-refractivity contribution is -0.145. The zero-order chi connectivity index (χ0) is 14.0. The molecule has 0 radical (unpaired) electrons. The fourth-order valence-electron chi connectivity index (χ4n) is 2.27. The maximum Gasteiger partial charge on any atom is 0.451 e. The Morgan fingerprint density at radius 3 is 2.52 bits per heavy atom. The predicted octanol–water partition coefficient (Wildman–Crippen LogP) is 2.43. The van der Waals surface area contributed by atoms with Gasteiger partial charge in [-0.3, -0.25) is 4.90 Å². The quantitative estimate of drug-likeness (QED) is 0.913. The normalized spacial score (nSPS) is 19.0. The Kier molecular flexibility index (Phi) is 7.88. The van der Waals surface area contributed by atoms with Crippen molar-refractivity contribution in [3.63, 3.8) is 0 Å². The van der Waals surface area contributed by atoms with Crippen molar-refractivity contribution >= 4 is 24.8 Å². The lowest BCUT2D eigenvalue weighted by atomic mass is 10.1. The van der Waals surface area contributed by atoms with Gasteiger partial charge in [-0.15, -0.1) is 24.8 Å². The number of aromatic nitrogens is 2. The van der Waals surface area contributed by atoms with Crippen LogP contribution in [0.25, 0.3) is 0 Å². The highest BCUT2D eigenvalue weighted by atomic mass is 35.5. The van der Waals surface area contributed by atoms with Crippen LogP contribution in [-0.2, 0) is 12.7 Å². The molecule has 0 spiro atoms. The van der Waals surface area contributed by atoms with Gasteiger partial charge in [-0.05, 0) is 32.4 Å². The van der Waals surface area contributed by atoms with Crippen molar-refractivity contribution in [2.45, 2.75) is 26.1 Å². The van der Waals surface area contributed by atoms with E-state index in [2.05, 4.69) is 14.9 Å². The molecule has 9 heteroatoms. The Balaban J connectivity index is 0.00000200. The van der Waals surface area contributed by atoms with Gasteiger partial charge in [-0.25, -0.2) is 9.97 Å². The van der Waals surface area contributed by atoms with Crippen LogP contribution >= 0.6 is 24.8 Å². The van der Waals surface area contributed by atoms with Crippen molar-refractivity contribution in [3.8, 4) is 0 Å². The van der Waals surface area contributed by atoms with Gasteiger partial charge < -0.3 is 5.73 Å². The van der Waals surface area contributed by atoms with Gasteiger partial charge >= 0.3 is 6.18 Å². The van der Waals surface area contributed by atoms with E-state index in [9.17, 15) is 13.2 Å². The largest absolute Gasteiger partial charge is 0.451 e. The van der Waals surface area contributed by atoms with E-state index in [1.807, 2.05) is 0 Å². The zero-order valence-corrected chi connectivity index (χ0v) is 13.2. The van der Waals surface area contributed by atoms with E-state index in [4.69, 9.17) is 5.73 Å². The summed E-state index contributed by atoms with van der Waals surface area (Å²) in [6.45, 7) is 4.63. The first-order valence-corrected chi connectivity index (χ1v) is 6.22. The van der Waals surface area contributed by atoms with Crippen molar-refractivity contribution in [2.75, 3.05) is 19.6 Å². The van der Waals surface area contributed by atoms with E-state index in [1.54, 1.807) is 6.92 Å². The fraction of sp³-hybridized carbons (Fsp3) is 0.667. The van der Waals surface area contributed by atoms with E-state index in [-0.39, 0.29) is 24.8 Å².